The Morgan fingerprint density at radius 2 is 1.70 bits per heavy atom. The number of nitrogens with zero attached hydrogens (tertiary/aromatic N) is 1. The molecule has 0 spiro atoms. The molecule has 0 atom stereocenters. The van der Waals surface area contributed by atoms with Gasteiger partial charge in [0.25, 0.3) is 5.91 Å². The number of anilines is 1. The molecule has 0 aliphatic rings. The van der Waals surface area contributed by atoms with E-state index in [1.54, 1.807) is 24.3 Å². The molecule has 30 heavy (non-hydrogen) atoms. The van der Waals surface area contributed by atoms with Crippen molar-refractivity contribution in [2.75, 3.05) is 5.32 Å². The van der Waals surface area contributed by atoms with Crippen LogP contribution in [0.5, 0.6) is 0 Å². The van der Waals surface area contributed by atoms with Crippen LogP contribution in [-0.2, 0) is 0 Å². The van der Waals surface area contributed by atoms with E-state index in [-0.39, 0.29) is 16.5 Å². The van der Waals surface area contributed by atoms with Crippen molar-refractivity contribution in [2.45, 2.75) is 13.8 Å². The number of carbonyl (C=O) groups is 1. The molecule has 6 nitrogen and oxygen atoms in total. The van der Waals surface area contributed by atoms with Crippen molar-refractivity contribution in [1.29, 1.82) is 0 Å². The summed E-state index contributed by atoms with van der Waals surface area (Å²) in [6.45, 7) is 4.06. The van der Waals surface area contributed by atoms with Gasteiger partial charge in [0.1, 0.15) is 5.52 Å². The van der Waals surface area contributed by atoms with Crippen molar-refractivity contribution in [3.63, 3.8) is 0 Å². The Bertz CT molecular complexity index is 1200. The number of rotatable bonds is 3. The number of aromatic nitrogens is 1. The zero-order valence-electron chi connectivity index (χ0n) is 16.5. The first kappa shape index (κ1) is 21.2. The van der Waals surface area contributed by atoms with Crippen molar-refractivity contribution in [2.24, 2.45) is 0 Å². The fourth-order valence-electron chi connectivity index (χ4n) is 3.12. The van der Waals surface area contributed by atoms with Crippen molar-refractivity contribution in [3.8, 4) is 11.5 Å². The van der Waals surface area contributed by atoms with Crippen LogP contribution in [0.3, 0.4) is 0 Å². The molecule has 0 aliphatic heterocycles. The zero-order valence-corrected chi connectivity index (χ0v) is 17.3. The monoisotopic (exact) mass is 419 g/mol. The topological polar surface area (TPSA) is 98.7 Å². The Morgan fingerprint density at radius 1 is 1.00 bits per heavy atom. The number of benzene rings is 3. The van der Waals surface area contributed by atoms with Crippen LogP contribution in [0, 0.1) is 13.8 Å². The van der Waals surface area contributed by atoms with Gasteiger partial charge in [0.05, 0.1) is 0 Å². The molecule has 1 amide bonds. The number of aryl methyl sites for hydroxylation is 2. The number of hydrogen-bond donors (Lipinski definition) is 2. The minimum atomic E-state index is -0.253. The van der Waals surface area contributed by atoms with Crippen LogP contribution < -0.4 is 10.6 Å². The van der Waals surface area contributed by atoms with Gasteiger partial charge in [-0.3, -0.25) is 10.1 Å². The standard InChI is InChI=1S/C23H19N3O2S.H2O/c1-14-12-15(2)20-19(13-14)25-22(28-20)17-8-10-18(11-9-17)24-23(29)26-21(27)16-6-4-3-5-7-16;/h3-13H,1-2H3,(H2,24,26,27,29);1H2. The third kappa shape index (κ3) is 4.53. The minimum Gasteiger partial charge on any atom is -0.436 e. The summed E-state index contributed by atoms with van der Waals surface area (Å²) in [6.07, 6.45) is 0. The SMILES string of the molecule is Cc1cc(C)c2oc(-c3ccc(NC(=S)NC(=O)c4ccccc4)cc3)nc2c1.O. The number of fused-ring (bicyclic) bond motifs is 1. The quantitative estimate of drug-likeness (QED) is 0.479. The van der Waals surface area contributed by atoms with Crippen LogP contribution in [0.4, 0.5) is 5.69 Å². The highest BCUT2D eigenvalue weighted by molar-refractivity contribution is 7.80. The van der Waals surface area contributed by atoms with Crippen molar-refractivity contribution in [1.82, 2.24) is 10.3 Å². The van der Waals surface area contributed by atoms with Crippen LogP contribution in [0.15, 0.2) is 71.1 Å². The summed E-state index contributed by atoms with van der Waals surface area (Å²) in [7, 11) is 0. The zero-order chi connectivity index (χ0) is 20.4. The predicted molar refractivity (Wildman–Crippen MR) is 123 cm³/mol. The predicted octanol–water partition coefficient (Wildman–Crippen LogP) is 4.41. The van der Waals surface area contributed by atoms with Gasteiger partial charge >= 0.3 is 0 Å². The molecule has 1 heterocycles. The Balaban J connectivity index is 0.00000256. The van der Waals surface area contributed by atoms with Crippen LogP contribution >= 0.6 is 12.2 Å². The lowest BCUT2D eigenvalue weighted by molar-refractivity contribution is 0.0977. The largest absolute Gasteiger partial charge is 0.436 e. The summed E-state index contributed by atoms with van der Waals surface area (Å²) in [6, 6.07) is 20.5. The Kier molecular flexibility index (Phi) is 6.25. The molecule has 3 aromatic carbocycles. The molecular weight excluding hydrogens is 398 g/mol. The van der Waals surface area contributed by atoms with Gasteiger partial charge in [0, 0.05) is 16.8 Å². The van der Waals surface area contributed by atoms with Crippen molar-refractivity contribution >= 4 is 40.0 Å². The molecule has 0 radical (unpaired) electrons. The highest BCUT2D eigenvalue weighted by atomic mass is 32.1. The summed E-state index contributed by atoms with van der Waals surface area (Å²) >= 11 is 5.23. The highest BCUT2D eigenvalue weighted by Crippen LogP contribution is 2.28. The average molecular weight is 420 g/mol. The van der Waals surface area contributed by atoms with E-state index in [9.17, 15) is 4.79 Å². The lowest BCUT2D eigenvalue weighted by Gasteiger charge is -2.09. The van der Waals surface area contributed by atoms with E-state index >= 15 is 0 Å². The summed E-state index contributed by atoms with van der Waals surface area (Å²) < 4.78 is 5.95. The number of hydrogen-bond acceptors (Lipinski definition) is 4. The molecule has 0 bridgehead atoms. The van der Waals surface area contributed by atoms with Crippen LogP contribution in [0.2, 0.25) is 0 Å². The highest BCUT2D eigenvalue weighted by Gasteiger charge is 2.11. The van der Waals surface area contributed by atoms with Gasteiger partial charge < -0.3 is 15.2 Å². The lowest BCUT2D eigenvalue weighted by Crippen LogP contribution is -2.34. The van der Waals surface area contributed by atoms with E-state index in [4.69, 9.17) is 16.6 Å². The first-order valence-electron chi connectivity index (χ1n) is 9.15. The molecular formula is C23H21N3O3S. The number of oxazole rings is 1. The molecule has 0 fully saturated rings. The van der Waals surface area contributed by atoms with Crippen molar-refractivity contribution < 1.29 is 14.7 Å². The number of carbonyl (C=O) groups excluding carboxylic acids is 1. The van der Waals surface area contributed by atoms with Crippen LogP contribution in [0.25, 0.3) is 22.6 Å². The molecule has 4 aromatic rings. The van der Waals surface area contributed by atoms with Gasteiger partial charge in [-0.05, 0) is 79.7 Å². The molecule has 0 aliphatic carbocycles. The third-order valence-corrected chi connectivity index (χ3v) is 4.68. The molecule has 0 saturated heterocycles. The van der Waals surface area contributed by atoms with E-state index in [1.807, 2.05) is 50.2 Å². The average Bonchev–Trinajstić information content (AvgIpc) is 3.13. The first-order valence-corrected chi connectivity index (χ1v) is 9.56. The van der Waals surface area contributed by atoms with Gasteiger partial charge in [0.2, 0.25) is 5.89 Å². The molecule has 1 aromatic heterocycles. The summed E-state index contributed by atoms with van der Waals surface area (Å²) in [4.78, 5) is 16.8. The lowest BCUT2D eigenvalue weighted by atomic mass is 10.1. The fraction of sp³-hybridized carbons (Fsp3) is 0.0870. The van der Waals surface area contributed by atoms with E-state index in [0.29, 0.717) is 11.5 Å². The number of nitrogens with one attached hydrogen (secondary N) is 2. The second-order valence-electron chi connectivity index (χ2n) is 6.80. The van der Waals surface area contributed by atoms with E-state index < -0.39 is 0 Å². The van der Waals surface area contributed by atoms with E-state index in [0.717, 1.165) is 33.5 Å². The Morgan fingerprint density at radius 3 is 2.40 bits per heavy atom. The van der Waals surface area contributed by atoms with Gasteiger partial charge in [-0.25, -0.2) is 4.98 Å². The molecule has 4 rings (SSSR count). The smallest absolute Gasteiger partial charge is 0.257 e. The maximum atomic E-state index is 12.2. The molecule has 152 valence electrons. The van der Waals surface area contributed by atoms with Crippen molar-refractivity contribution in [3.05, 3.63) is 83.4 Å². The molecule has 0 unspecified atom stereocenters. The second kappa shape index (κ2) is 8.86. The minimum absolute atomic E-state index is 0. The van der Waals surface area contributed by atoms with Crippen LogP contribution in [-0.4, -0.2) is 21.5 Å². The van der Waals surface area contributed by atoms with Gasteiger partial charge in [0.15, 0.2) is 10.7 Å². The second-order valence-corrected chi connectivity index (χ2v) is 7.21. The summed E-state index contributed by atoms with van der Waals surface area (Å²) in [5, 5.41) is 5.92. The molecule has 4 N–H and O–H groups in total. The summed E-state index contributed by atoms with van der Waals surface area (Å²) in [5.74, 6) is 0.317. The van der Waals surface area contributed by atoms with E-state index in [1.165, 1.54) is 0 Å². The first-order chi connectivity index (χ1) is 14.0. The van der Waals surface area contributed by atoms with E-state index in [2.05, 4.69) is 21.7 Å². The van der Waals surface area contributed by atoms with Gasteiger partial charge in [-0.15, -0.1) is 0 Å². The summed E-state index contributed by atoms with van der Waals surface area (Å²) in [5.41, 5.74) is 6.05. The Hall–Kier alpha value is -3.55. The maximum absolute atomic E-state index is 12.2. The molecule has 7 heteroatoms. The molecule has 0 saturated carbocycles. The number of thiocarbonyl (C=S) groups is 1. The van der Waals surface area contributed by atoms with Gasteiger partial charge in [-0.2, -0.15) is 0 Å². The third-order valence-electron chi connectivity index (χ3n) is 4.47. The van der Waals surface area contributed by atoms with Crippen LogP contribution in [0.1, 0.15) is 21.5 Å². The Labute approximate surface area is 179 Å². The fourth-order valence-corrected chi connectivity index (χ4v) is 3.33. The number of amides is 1. The van der Waals surface area contributed by atoms with Gasteiger partial charge in [-0.1, -0.05) is 24.3 Å². The normalized spacial score (nSPS) is 10.3. The maximum Gasteiger partial charge on any atom is 0.257 e.